The average Bonchev–Trinajstić information content (AvgIpc) is 3.24. The smallest absolute Gasteiger partial charge is 0.324 e. The Bertz CT molecular complexity index is 770. The lowest BCUT2D eigenvalue weighted by Gasteiger charge is -2.32. The monoisotopic (exact) mass is 400 g/mol. The number of nitrogens with zero attached hydrogens (tertiary/aromatic N) is 5. The zero-order chi connectivity index (χ0) is 20.2. The van der Waals surface area contributed by atoms with Crippen molar-refractivity contribution in [2.75, 3.05) is 42.6 Å². The Kier molecular flexibility index (Phi) is 6.18. The minimum atomic E-state index is 0.247. The number of nitrogens with two attached hydrogens (primary N) is 1. The first kappa shape index (κ1) is 19.9. The molecule has 0 spiro atoms. The third-order valence-corrected chi connectivity index (χ3v) is 5.82. The van der Waals surface area contributed by atoms with Crippen molar-refractivity contribution in [2.45, 2.75) is 51.5 Å². The van der Waals surface area contributed by atoms with Gasteiger partial charge in [-0.2, -0.15) is 4.98 Å². The van der Waals surface area contributed by atoms with E-state index in [0.717, 1.165) is 69.3 Å². The van der Waals surface area contributed by atoms with Crippen LogP contribution in [-0.2, 0) is 0 Å². The molecule has 0 aromatic carbocycles. The fourth-order valence-corrected chi connectivity index (χ4v) is 3.96. The molecule has 1 unspecified atom stereocenters. The molecule has 4 rings (SSSR count). The van der Waals surface area contributed by atoms with Gasteiger partial charge >= 0.3 is 6.01 Å². The second kappa shape index (κ2) is 8.98. The first-order valence-electron chi connectivity index (χ1n) is 10.8. The second-order valence-electron chi connectivity index (χ2n) is 8.53. The van der Waals surface area contributed by atoms with E-state index in [9.17, 15) is 0 Å². The van der Waals surface area contributed by atoms with Gasteiger partial charge in [-0.15, -0.1) is 0 Å². The molecule has 2 aromatic heterocycles. The van der Waals surface area contributed by atoms with Crippen molar-refractivity contribution in [1.82, 2.24) is 15.1 Å². The normalized spacial score (nSPS) is 21.0. The van der Waals surface area contributed by atoms with Crippen LogP contribution in [0.5, 0.6) is 5.75 Å². The van der Waals surface area contributed by atoms with Crippen molar-refractivity contribution in [3.8, 4) is 5.75 Å². The number of hydrogen-bond acceptors (Lipinski definition) is 8. The van der Waals surface area contributed by atoms with Gasteiger partial charge < -0.3 is 24.8 Å². The van der Waals surface area contributed by atoms with Gasteiger partial charge in [-0.05, 0) is 43.7 Å². The molecular weight excluding hydrogens is 368 g/mol. The second-order valence-corrected chi connectivity index (χ2v) is 8.53. The third-order valence-electron chi connectivity index (χ3n) is 5.82. The molecule has 2 aliphatic heterocycles. The number of piperidine rings is 2. The van der Waals surface area contributed by atoms with Crippen LogP contribution in [0.2, 0.25) is 0 Å². The summed E-state index contributed by atoms with van der Waals surface area (Å²) in [6.07, 6.45) is 6.16. The Morgan fingerprint density at radius 1 is 1.17 bits per heavy atom. The first-order chi connectivity index (χ1) is 14.1. The van der Waals surface area contributed by atoms with Gasteiger partial charge in [0.1, 0.15) is 11.6 Å². The molecule has 158 valence electrons. The number of aromatic nitrogens is 3. The molecule has 2 aromatic rings. The maximum Gasteiger partial charge on any atom is 0.324 e. The fraction of sp³-hybridized carbons (Fsp3) is 0.667. The molecule has 4 heterocycles. The van der Waals surface area contributed by atoms with E-state index in [1.807, 2.05) is 18.3 Å². The average molecular weight is 401 g/mol. The highest BCUT2D eigenvalue weighted by molar-refractivity contribution is 5.41. The van der Waals surface area contributed by atoms with Crippen molar-refractivity contribution >= 4 is 11.8 Å². The fourth-order valence-electron chi connectivity index (χ4n) is 3.96. The highest BCUT2D eigenvalue weighted by Crippen LogP contribution is 2.25. The first-order valence-corrected chi connectivity index (χ1v) is 10.8. The van der Waals surface area contributed by atoms with E-state index in [-0.39, 0.29) is 12.0 Å². The summed E-state index contributed by atoms with van der Waals surface area (Å²) in [6.45, 7) is 8.59. The van der Waals surface area contributed by atoms with Crippen LogP contribution in [0.25, 0.3) is 0 Å². The Labute approximate surface area is 172 Å². The summed E-state index contributed by atoms with van der Waals surface area (Å²) in [5.74, 6) is 3.40. The minimum absolute atomic E-state index is 0.247. The molecule has 2 N–H and O–H groups in total. The Hall–Kier alpha value is -2.35. The molecule has 8 nitrogen and oxygen atoms in total. The molecule has 0 bridgehead atoms. The topological polar surface area (TPSA) is 93.5 Å². The SMILES string of the molecule is CC(C)c1noc(N2CCC(COc3ccc(N4CCCC(N)C4)nc3)CC2)n1. The molecule has 0 aliphatic carbocycles. The lowest BCUT2D eigenvalue weighted by Crippen LogP contribution is -2.43. The van der Waals surface area contributed by atoms with Crippen molar-refractivity contribution < 1.29 is 9.26 Å². The molecule has 0 amide bonds. The predicted molar refractivity (Wildman–Crippen MR) is 112 cm³/mol. The number of hydrogen-bond donors (Lipinski definition) is 1. The van der Waals surface area contributed by atoms with E-state index in [4.69, 9.17) is 15.0 Å². The van der Waals surface area contributed by atoms with Gasteiger partial charge in [0.15, 0.2) is 5.82 Å². The number of anilines is 2. The predicted octanol–water partition coefficient (Wildman–Crippen LogP) is 2.81. The van der Waals surface area contributed by atoms with E-state index in [1.165, 1.54) is 0 Å². The maximum atomic E-state index is 6.07. The summed E-state index contributed by atoms with van der Waals surface area (Å²) >= 11 is 0. The summed E-state index contributed by atoms with van der Waals surface area (Å²) in [5, 5.41) is 4.06. The van der Waals surface area contributed by atoms with Gasteiger partial charge in [-0.25, -0.2) is 4.98 Å². The number of rotatable bonds is 6. The maximum absolute atomic E-state index is 6.07. The summed E-state index contributed by atoms with van der Waals surface area (Å²) in [5.41, 5.74) is 6.07. The van der Waals surface area contributed by atoms with E-state index in [0.29, 0.717) is 18.5 Å². The van der Waals surface area contributed by atoms with Crippen LogP contribution in [-0.4, -0.2) is 54.0 Å². The zero-order valence-corrected chi connectivity index (χ0v) is 17.5. The largest absolute Gasteiger partial charge is 0.492 e. The van der Waals surface area contributed by atoms with E-state index >= 15 is 0 Å². The van der Waals surface area contributed by atoms with E-state index in [1.54, 1.807) is 0 Å². The Balaban J connectivity index is 1.23. The molecule has 0 radical (unpaired) electrons. The van der Waals surface area contributed by atoms with Gasteiger partial charge in [0.2, 0.25) is 0 Å². The minimum Gasteiger partial charge on any atom is -0.492 e. The van der Waals surface area contributed by atoms with Gasteiger partial charge in [0, 0.05) is 38.1 Å². The van der Waals surface area contributed by atoms with Crippen LogP contribution < -0.4 is 20.3 Å². The van der Waals surface area contributed by atoms with Crippen LogP contribution in [0, 0.1) is 5.92 Å². The molecule has 29 heavy (non-hydrogen) atoms. The summed E-state index contributed by atoms with van der Waals surface area (Å²) in [4.78, 5) is 13.5. The van der Waals surface area contributed by atoms with Crippen LogP contribution in [0.4, 0.5) is 11.8 Å². The standard InChI is InChI=1S/C21H32N6O2/c1-15(2)20-24-21(29-25-20)26-10-7-16(8-11-26)14-28-18-5-6-19(23-12-18)27-9-3-4-17(22)13-27/h5-6,12,15-17H,3-4,7-11,13-14,22H2,1-2H3. The van der Waals surface area contributed by atoms with E-state index < -0.39 is 0 Å². The van der Waals surface area contributed by atoms with E-state index in [2.05, 4.69) is 38.8 Å². The third kappa shape index (κ3) is 4.98. The Morgan fingerprint density at radius 2 is 2.00 bits per heavy atom. The summed E-state index contributed by atoms with van der Waals surface area (Å²) < 4.78 is 11.4. The molecule has 1 atom stereocenters. The van der Waals surface area contributed by atoms with Crippen LogP contribution in [0.3, 0.4) is 0 Å². The van der Waals surface area contributed by atoms with Crippen molar-refractivity contribution in [3.05, 3.63) is 24.2 Å². The highest BCUT2D eigenvalue weighted by atomic mass is 16.5. The lowest BCUT2D eigenvalue weighted by atomic mass is 9.98. The van der Waals surface area contributed by atoms with Gasteiger partial charge in [0.05, 0.1) is 12.8 Å². The highest BCUT2D eigenvalue weighted by Gasteiger charge is 2.24. The zero-order valence-electron chi connectivity index (χ0n) is 17.5. The lowest BCUT2D eigenvalue weighted by molar-refractivity contribution is 0.219. The van der Waals surface area contributed by atoms with Crippen molar-refractivity contribution in [2.24, 2.45) is 11.7 Å². The molecule has 8 heteroatoms. The van der Waals surface area contributed by atoms with Crippen LogP contribution >= 0.6 is 0 Å². The molecule has 2 aliphatic rings. The van der Waals surface area contributed by atoms with Gasteiger partial charge in [0.25, 0.3) is 0 Å². The van der Waals surface area contributed by atoms with Gasteiger partial charge in [-0.1, -0.05) is 19.0 Å². The number of ether oxygens (including phenoxy) is 1. The molecule has 2 saturated heterocycles. The van der Waals surface area contributed by atoms with Crippen molar-refractivity contribution in [1.29, 1.82) is 0 Å². The van der Waals surface area contributed by atoms with Gasteiger partial charge in [-0.3, -0.25) is 0 Å². The summed E-state index contributed by atoms with van der Waals surface area (Å²) in [7, 11) is 0. The molecular formula is C21H32N6O2. The van der Waals surface area contributed by atoms with Crippen molar-refractivity contribution in [3.63, 3.8) is 0 Å². The molecule has 2 fully saturated rings. The number of pyridine rings is 1. The Morgan fingerprint density at radius 3 is 2.66 bits per heavy atom. The quantitative estimate of drug-likeness (QED) is 0.791. The summed E-state index contributed by atoms with van der Waals surface area (Å²) in [6, 6.07) is 4.95. The molecule has 0 saturated carbocycles. The van der Waals surface area contributed by atoms with Crippen LogP contribution in [0.15, 0.2) is 22.9 Å². The van der Waals surface area contributed by atoms with Crippen LogP contribution in [0.1, 0.15) is 51.3 Å².